The highest BCUT2D eigenvalue weighted by molar-refractivity contribution is 4.65. The molecular formula is C10H20N6. The molecule has 0 aromatic carbocycles. The van der Waals surface area contributed by atoms with Crippen LogP contribution in [0.25, 0.3) is 20.9 Å². The monoisotopic (exact) mass is 224 g/mol. The Labute approximate surface area is 96.3 Å². The molecule has 0 aliphatic rings. The summed E-state index contributed by atoms with van der Waals surface area (Å²) in [4.78, 5) is 5.31. The van der Waals surface area contributed by atoms with Crippen LogP contribution < -0.4 is 0 Å². The number of hydrogen-bond acceptors (Lipinski definition) is 2. The van der Waals surface area contributed by atoms with Crippen LogP contribution in [0.1, 0.15) is 58.3 Å². The minimum absolute atomic E-state index is 0.550. The smallest absolute Gasteiger partial charge is 0.0846 e. The second-order valence-corrected chi connectivity index (χ2v) is 3.80. The molecule has 0 aliphatic heterocycles. The van der Waals surface area contributed by atoms with E-state index in [9.17, 15) is 0 Å². The fourth-order valence-corrected chi connectivity index (χ4v) is 1.54. The van der Waals surface area contributed by atoms with Crippen molar-refractivity contribution in [2.75, 3.05) is 0 Å². The molecule has 0 saturated carbocycles. The Kier molecular flexibility index (Phi) is 10.7. The molecule has 0 aromatic heterocycles. The van der Waals surface area contributed by atoms with Gasteiger partial charge < -0.3 is 0 Å². The number of nitrogens with zero attached hydrogens (tertiary/aromatic N) is 6. The van der Waals surface area contributed by atoms with Gasteiger partial charge in [-0.1, -0.05) is 62.1 Å². The van der Waals surface area contributed by atoms with Gasteiger partial charge in [-0.05, 0) is 17.5 Å². The maximum atomic E-state index is 8.24. The van der Waals surface area contributed by atoms with Crippen molar-refractivity contribution in [1.29, 1.82) is 0 Å². The van der Waals surface area contributed by atoms with Gasteiger partial charge in [-0.3, -0.25) is 0 Å². The average Bonchev–Trinajstić information content (AvgIpc) is 2.28. The van der Waals surface area contributed by atoms with Crippen molar-refractivity contribution in [3.05, 3.63) is 20.9 Å². The molecule has 6 nitrogen and oxygen atoms in total. The average molecular weight is 224 g/mol. The van der Waals surface area contributed by atoms with Crippen LogP contribution in [0.4, 0.5) is 0 Å². The van der Waals surface area contributed by atoms with Crippen LogP contribution in [0.2, 0.25) is 0 Å². The maximum absolute atomic E-state index is 8.24. The van der Waals surface area contributed by atoms with Crippen LogP contribution in [0.15, 0.2) is 10.2 Å². The quantitative estimate of drug-likeness (QED) is 0.214. The fraction of sp³-hybridized carbons (Fsp3) is 1.00. The van der Waals surface area contributed by atoms with E-state index in [-0.39, 0.29) is 0 Å². The fourth-order valence-electron chi connectivity index (χ4n) is 1.54. The Morgan fingerprint density at radius 2 is 1.38 bits per heavy atom. The van der Waals surface area contributed by atoms with Gasteiger partial charge in [0, 0.05) is 9.82 Å². The molecule has 0 N–H and O–H groups in total. The van der Waals surface area contributed by atoms with Crippen molar-refractivity contribution in [3.8, 4) is 0 Å². The highest BCUT2D eigenvalue weighted by Gasteiger charge is 2.02. The lowest BCUT2D eigenvalue weighted by Gasteiger charge is -2.03. The van der Waals surface area contributed by atoms with E-state index in [0.29, 0.717) is 6.42 Å². The van der Waals surface area contributed by atoms with E-state index in [0.717, 1.165) is 12.8 Å². The Hall–Kier alpha value is -1.38. The SMILES string of the molecule is CCCCCCCCCC(N=[N+]=[N-])N=[N+]=[N-]. The zero-order valence-electron chi connectivity index (χ0n) is 9.92. The third kappa shape index (κ3) is 9.19. The predicted octanol–water partition coefficient (Wildman–Crippen LogP) is 5.07. The number of azide groups is 1. The minimum atomic E-state index is -0.550. The summed E-state index contributed by atoms with van der Waals surface area (Å²) >= 11 is 0. The van der Waals surface area contributed by atoms with Gasteiger partial charge in [0.05, 0.1) is 0 Å². The van der Waals surface area contributed by atoms with Gasteiger partial charge in [-0.2, -0.15) is 0 Å². The zero-order valence-corrected chi connectivity index (χ0v) is 9.92. The van der Waals surface area contributed by atoms with E-state index in [1.807, 2.05) is 0 Å². The summed E-state index contributed by atoms with van der Waals surface area (Å²) < 4.78 is 0. The molecule has 16 heavy (non-hydrogen) atoms. The second-order valence-electron chi connectivity index (χ2n) is 3.80. The minimum Gasteiger partial charge on any atom is -0.0846 e. The molecule has 6 heteroatoms. The normalized spacial score (nSPS) is 11.3. The molecule has 0 radical (unpaired) electrons. The van der Waals surface area contributed by atoms with Gasteiger partial charge in [-0.25, -0.2) is 0 Å². The standard InChI is InChI=1S/C10H20N6/c1-2-3-4-5-6-7-8-9-10(13-15-11)14-16-12/h10H,2-9H2,1H3. The summed E-state index contributed by atoms with van der Waals surface area (Å²) in [5.41, 5.74) is 16.5. The van der Waals surface area contributed by atoms with Crippen molar-refractivity contribution >= 4 is 0 Å². The molecule has 0 rings (SSSR count). The Balaban J connectivity index is 3.47. The Morgan fingerprint density at radius 3 is 1.88 bits per heavy atom. The first-order valence-electron chi connectivity index (χ1n) is 5.93. The first-order chi connectivity index (χ1) is 7.85. The lowest BCUT2D eigenvalue weighted by atomic mass is 10.1. The van der Waals surface area contributed by atoms with Gasteiger partial charge in [0.2, 0.25) is 0 Å². The van der Waals surface area contributed by atoms with Crippen molar-refractivity contribution < 1.29 is 0 Å². The summed E-state index contributed by atoms with van der Waals surface area (Å²) in [6.45, 7) is 2.20. The molecule has 0 saturated heterocycles. The van der Waals surface area contributed by atoms with Crippen molar-refractivity contribution in [2.45, 2.75) is 64.5 Å². The lowest BCUT2D eigenvalue weighted by Crippen LogP contribution is -1.97. The predicted molar refractivity (Wildman–Crippen MR) is 64.7 cm³/mol. The van der Waals surface area contributed by atoms with Crippen LogP contribution in [-0.2, 0) is 0 Å². The summed E-state index contributed by atoms with van der Waals surface area (Å²) in [6, 6.07) is 0. The van der Waals surface area contributed by atoms with Crippen molar-refractivity contribution in [2.24, 2.45) is 10.2 Å². The molecule has 0 bridgehead atoms. The molecule has 0 fully saturated rings. The molecule has 0 spiro atoms. The molecule has 0 amide bonds. The van der Waals surface area contributed by atoms with Crippen molar-refractivity contribution in [3.63, 3.8) is 0 Å². The first-order valence-corrected chi connectivity index (χ1v) is 5.93. The molecule has 0 aliphatic carbocycles. The highest BCUT2D eigenvalue weighted by atomic mass is 15.3. The van der Waals surface area contributed by atoms with Crippen LogP contribution >= 0.6 is 0 Å². The van der Waals surface area contributed by atoms with Gasteiger partial charge in [-0.15, -0.1) is 0 Å². The van der Waals surface area contributed by atoms with E-state index in [1.54, 1.807) is 0 Å². The van der Waals surface area contributed by atoms with Crippen molar-refractivity contribution in [1.82, 2.24) is 0 Å². The molecule has 90 valence electrons. The third-order valence-electron chi connectivity index (χ3n) is 2.44. The molecule has 0 heterocycles. The van der Waals surface area contributed by atoms with E-state index >= 15 is 0 Å². The van der Waals surface area contributed by atoms with Crippen LogP contribution in [-0.4, -0.2) is 6.17 Å². The molecular weight excluding hydrogens is 204 g/mol. The summed E-state index contributed by atoms with van der Waals surface area (Å²) in [7, 11) is 0. The van der Waals surface area contributed by atoms with Gasteiger partial charge in [0.15, 0.2) is 0 Å². The Morgan fingerprint density at radius 1 is 0.875 bits per heavy atom. The van der Waals surface area contributed by atoms with Crippen LogP contribution in [0, 0.1) is 0 Å². The zero-order chi connectivity index (χ0) is 12.1. The molecule has 0 atom stereocenters. The third-order valence-corrected chi connectivity index (χ3v) is 2.44. The number of unbranched alkanes of at least 4 members (excludes halogenated alkanes) is 6. The summed E-state index contributed by atoms with van der Waals surface area (Å²) in [5, 5.41) is 6.84. The van der Waals surface area contributed by atoms with E-state index < -0.39 is 6.17 Å². The first kappa shape index (κ1) is 14.6. The largest absolute Gasteiger partial charge is 0.116 e. The summed E-state index contributed by atoms with van der Waals surface area (Å²) in [5.74, 6) is 0. The Bertz CT molecular complexity index is 234. The second kappa shape index (κ2) is 11.7. The maximum Gasteiger partial charge on any atom is 0.116 e. The number of rotatable bonds is 10. The number of hydrogen-bond donors (Lipinski definition) is 0. The van der Waals surface area contributed by atoms with E-state index in [2.05, 4.69) is 27.0 Å². The molecule has 0 unspecified atom stereocenters. The molecule has 0 aromatic rings. The summed E-state index contributed by atoms with van der Waals surface area (Å²) in [6.07, 6.45) is 8.51. The highest BCUT2D eigenvalue weighted by Crippen LogP contribution is 2.12. The van der Waals surface area contributed by atoms with Crippen LogP contribution in [0.3, 0.4) is 0 Å². The van der Waals surface area contributed by atoms with Gasteiger partial charge in [0.1, 0.15) is 6.17 Å². The van der Waals surface area contributed by atoms with Gasteiger partial charge >= 0.3 is 0 Å². The topological polar surface area (TPSA) is 97.5 Å². The van der Waals surface area contributed by atoms with Crippen LogP contribution in [0.5, 0.6) is 0 Å². The van der Waals surface area contributed by atoms with Gasteiger partial charge in [0.25, 0.3) is 0 Å². The van der Waals surface area contributed by atoms with E-state index in [4.69, 9.17) is 11.1 Å². The lowest BCUT2D eigenvalue weighted by molar-refractivity contribution is 0.536. The van der Waals surface area contributed by atoms with E-state index in [1.165, 1.54) is 32.1 Å².